The van der Waals surface area contributed by atoms with E-state index in [1.165, 1.54) is 0 Å². The summed E-state index contributed by atoms with van der Waals surface area (Å²) in [5.74, 6) is 0.827. The van der Waals surface area contributed by atoms with E-state index in [2.05, 4.69) is 4.98 Å². The largest absolute Gasteiger partial charge is 0.484 e. The average molecular weight is 264 g/mol. The first-order valence-electron chi connectivity index (χ1n) is 6.60. The number of nitrogen functional groups attached to an aromatic ring is 1. The third kappa shape index (κ3) is 2.30. The van der Waals surface area contributed by atoms with Crippen molar-refractivity contribution in [2.75, 3.05) is 5.73 Å². The maximum atomic E-state index is 6.05. The van der Waals surface area contributed by atoms with E-state index in [1.807, 2.05) is 61.5 Å². The normalized spacial score (nSPS) is 12.2. The van der Waals surface area contributed by atoms with Crippen LogP contribution in [0.15, 0.2) is 60.8 Å². The molecule has 0 aliphatic heterocycles. The van der Waals surface area contributed by atoms with Crippen molar-refractivity contribution in [2.24, 2.45) is 0 Å². The summed E-state index contributed by atoms with van der Waals surface area (Å²) in [6.07, 6.45) is 1.67. The van der Waals surface area contributed by atoms with Gasteiger partial charge in [-0.1, -0.05) is 30.3 Å². The number of fused-ring (bicyclic) bond motifs is 1. The molecule has 100 valence electrons. The monoisotopic (exact) mass is 264 g/mol. The highest BCUT2D eigenvalue weighted by Crippen LogP contribution is 2.31. The van der Waals surface area contributed by atoms with Gasteiger partial charge in [0.25, 0.3) is 0 Å². The number of hydrogen-bond donors (Lipinski definition) is 1. The molecule has 1 heterocycles. The standard InChI is InChI=1S/C17H16N2O/c1-12(16-9-2-3-11-19-16)20-17-10-5-6-13-14(17)7-4-8-15(13)18/h2-12H,18H2,1H3. The number of ether oxygens (including phenoxy) is 1. The Kier molecular flexibility index (Phi) is 3.25. The van der Waals surface area contributed by atoms with Crippen molar-refractivity contribution in [3.05, 3.63) is 66.5 Å². The van der Waals surface area contributed by atoms with Gasteiger partial charge in [-0.3, -0.25) is 4.98 Å². The Bertz CT molecular complexity index is 725. The van der Waals surface area contributed by atoms with Gasteiger partial charge in [0, 0.05) is 22.7 Å². The van der Waals surface area contributed by atoms with Crippen LogP contribution in [0.1, 0.15) is 18.7 Å². The number of anilines is 1. The second-order valence-electron chi connectivity index (χ2n) is 4.71. The molecule has 0 amide bonds. The summed E-state index contributed by atoms with van der Waals surface area (Å²) in [6.45, 7) is 1.99. The van der Waals surface area contributed by atoms with Gasteiger partial charge in [-0.2, -0.15) is 0 Å². The Morgan fingerprint density at radius 1 is 0.950 bits per heavy atom. The fourth-order valence-corrected chi connectivity index (χ4v) is 2.28. The molecule has 0 saturated heterocycles. The average Bonchev–Trinajstić information content (AvgIpc) is 2.49. The van der Waals surface area contributed by atoms with Gasteiger partial charge in [0.05, 0.1) is 5.69 Å². The van der Waals surface area contributed by atoms with E-state index in [0.29, 0.717) is 0 Å². The molecule has 0 radical (unpaired) electrons. The molecule has 3 heteroatoms. The van der Waals surface area contributed by atoms with Crippen LogP contribution in [0.25, 0.3) is 10.8 Å². The van der Waals surface area contributed by atoms with Crippen LogP contribution in [-0.2, 0) is 0 Å². The lowest BCUT2D eigenvalue weighted by molar-refractivity contribution is 0.225. The molecular weight excluding hydrogens is 248 g/mol. The van der Waals surface area contributed by atoms with Crippen molar-refractivity contribution in [2.45, 2.75) is 13.0 Å². The Hall–Kier alpha value is -2.55. The molecule has 1 aromatic heterocycles. The molecule has 3 nitrogen and oxygen atoms in total. The minimum atomic E-state index is -0.108. The van der Waals surface area contributed by atoms with E-state index in [1.54, 1.807) is 6.20 Å². The van der Waals surface area contributed by atoms with Crippen molar-refractivity contribution in [1.29, 1.82) is 0 Å². The molecule has 0 aliphatic carbocycles. The maximum absolute atomic E-state index is 6.05. The van der Waals surface area contributed by atoms with Gasteiger partial charge in [-0.05, 0) is 31.2 Å². The molecule has 1 atom stereocenters. The Labute approximate surface area is 118 Å². The number of nitrogens with two attached hydrogens (primary N) is 1. The summed E-state index contributed by atoms with van der Waals surface area (Å²) >= 11 is 0. The highest BCUT2D eigenvalue weighted by Gasteiger charge is 2.10. The SMILES string of the molecule is CC(Oc1cccc2c(N)cccc12)c1ccccn1. The second kappa shape index (κ2) is 5.21. The Morgan fingerprint density at radius 2 is 1.75 bits per heavy atom. The first kappa shape index (κ1) is 12.5. The number of rotatable bonds is 3. The van der Waals surface area contributed by atoms with Gasteiger partial charge >= 0.3 is 0 Å². The number of hydrogen-bond acceptors (Lipinski definition) is 3. The maximum Gasteiger partial charge on any atom is 0.138 e. The molecule has 0 spiro atoms. The van der Waals surface area contributed by atoms with Gasteiger partial charge in [-0.25, -0.2) is 0 Å². The van der Waals surface area contributed by atoms with Gasteiger partial charge in [0.1, 0.15) is 11.9 Å². The molecule has 0 aliphatic rings. The predicted molar refractivity (Wildman–Crippen MR) is 81.6 cm³/mol. The van der Waals surface area contributed by atoms with E-state index in [0.717, 1.165) is 27.9 Å². The van der Waals surface area contributed by atoms with Crippen molar-refractivity contribution in [1.82, 2.24) is 4.98 Å². The highest BCUT2D eigenvalue weighted by atomic mass is 16.5. The smallest absolute Gasteiger partial charge is 0.138 e. The summed E-state index contributed by atoms with van der Waals surface area (Å²) in [5, 5.41) is 2.04. The molecule has 0 bridgehead atoms. The number of aromatic nitrogens is 1. The quantitative estimate of drug-likeness (QED) is 0.728. The van der Waals surface area contributed by atoms with Crippen LogP contribution in [-0.4, -0.2) is 4.98 Å². The molecule has 3 aromatic rings. The first-order valence-corrected chi connectivity index (χ1v) is 6.60. The number of benzene rings is 2. The van der Waals surface area contributed by atoms with Crippen LogP contribution in [0.3, 0.4) is 0 Å². The molecule has 0 saturated carbocycles. The van der Waals surface area contributed by atoms with Gasteiger partial charge in [-0.15, -0.1) is 0 Å². The van der Waals surface area contributed by atoms with Crippen LogP contribution >= 0.6 is 0 Å². The fourth-order valence-electron chi connectivity index (χ4n) is 2.28. The van der Waals surface area contributed by atoms with Crippen LogP contribution in [0.4, 0.5) is 5.69 Å². The van der Waals surface area contributed by atoms with Crippen molar-refractivity contribution >= 4 is 16.5 Å². The highest BCUT2D eigenvalue weighted by molar-refractivity contribution is 5.96. The topological polar surface area (TPSA) is 48.1 Å². The summed E-state index contributed by atoms with van der Waals surface area (Å²) < 4.78 is 6.05. The van der Waals surface area contributed by atoms with E-state index < -0.39 is 0 Å². The minimum absolute atomic E-state index is 0.108. The van der Waals surface area contributed by atoms with Crippen molar-refractivity contribution in [3.8, 4) is 5.75 Å². The Morgan fingerprint density at radius 3 is 2.55 bits per heavy atom. The van der Waals surface area contributed by atoms with E-state index in [4.69, 9.17) is 10.5 Å². The van der Waals surface area contributed by atoms with Crippen LogP contribution in [0.5, 0.6) is 5.75 Å². The molecule has 20 heavy (non-hydrogen) atoms. The third-order valence-electron chi connectivity index (χ3n) is 3.32. The summed E-state index contributed by atoms with van der Waals surface area (Å²) in [6, 6.07) is 17.6. The van der Waals surface area contributed by atoms with E-state index >= 15 is 0 Å². The van der Waals surface area contributed by atoms with Crippen molar-refractivity contribution < 1.29 is 4.74 Å². The lowest BCUT2D eigenvalue weighted by Gasteiger charge is -2.16. The van der Waals surface area contributed by atoms with Crippen LogP contribution < -0.4 is 10.5 Å². The summed E-state index contributed by atoms with van der Waals surface area (Å²) in [7, 11) is 0. The Balaban J connectivity index is 1.97. The summed E-state index contributed by atoms with van der Waals surface area (Å²) in [4.78, 5) is 4.32. The minimum Gasteiger partial charge on any atom is -0.484 e. The second-order valence-corrected chi connectivity index (χ2v) is 4.71. The molecule has 3 rings (SSSR count). The van der Waals surface area contributed by atoms with Crippen molar-refractivity contribution in [3.63, 3.8) is 0 Å². The van der Waals surface area contributed by atoms with Gasteiger partial charge in [0.2, 0.25) is 0 Å². The summed E-state index contributed by atoms with van der Waals surface area (Å²) in [5.41, 5.74) is 7.67. The zero-order valence-corrected chi connectivity index (χ0v) is 11.3. The number of nitrogens with zero attached hydrogens (tertiary/aromatic N) is 1. The van der Waals surface area contributed by atoms with E-state index in [9.17, 15) is 0 Å². The molecule has 2 aromatic carbocycles. The fraction of sp³-hybridized carbons (Fsp3) is 0.118. The molecule has 1 unspecified atom stereocenters. The predicted octanol–water partition coefficient (Wildman–Crippen LogP) is 3.96. The zero-order chi connectivity index (χ0) is 13.9. The lowest BCUT2D eigenvalue weighted by Crippen LogP contribution is -2.05. The third-order valence-corrected chi connectivity index (χ3v) is 3.32. The first-order chi connectivity index (χ1) is 9.75. The van der Waals surface area contributed by atoms with E-state index in [-0.39, 0.29) is 6.10 Å². The number of pyridine rings is 1. The lowest BCUT2D eigenvalue weighted by atomic mass is 10.1. The molecule has 2 N–H and O–H groups in total. The van der Waals surface area contributed by atoms with Gasteiger partial charge < -0.3 is 10.5 Å². The van der Waals surface area contributed by atoms with Crippen LogP contribution in [0, 0.1) is 0 Å². The van der Waals surface area contributed by atoms with Gasteiger partial charge in [0.15, 0.2) is 0 Å². The molecular formula is C17H16N2O. The molecule has 0 fully saturated rings. The van der Waals surface area contributed by atoms with Crippen LogP contribution in [0.2, 0.25) is 0 Å². The zero-order valence-electron chi connectivity index (χ0n) is 11.3.